The lowest BCUT2D eigenvalue weighted by Gasteiger charge is -2.41. The van der Waals surface area contributed by atoms with Crippen LogP contribution in [-0.2, 0) is 11.2 Å². The molecular weight excluding hydrogens is 352 g/mol. The van der Waals surface area contributed by atoms with Crippen LogP contribution in [-0.4, -0.2) is 53.0 Å². The molecule has 0 unspecified atom stereocenters. The van der Waals surface area contributed by atoms with Crippen LogP contribution in [0.3, 0.4) is 0 Å². The molecule has 2 aromatic heterocycles. The normalized spacial score (nSPS) is 17.1. The largest absolute Gasteiger partial charge is 0.497 e. The van der Waals surface area contributed by atoms with Crippen molar-refractivity contribution in [3.05, 3.63) is 60.6 Å². The number of aryl methyl sites for hydroxylation is 1. The number of fused-ring (bicyclic) bond motifs is 1. The molecule has 0 radical (unpaired) electrons. The van der Waals surface area contributed by atoms with E-state index in [4.69, 9.17) is 4.74 Å². The lowest BCUT2D eigenvalue weighted by Crippen LogP contribution is -2.54. The van der Waals surface area contributed by atoms with Gasteiger partial charge in [-0.15, -0.1) is 0 Å². The van der Waals surface area contributed by atoms with E-state index in [2.05, 4.69) is 28.9 Å². The molecule has 3 aromatic rings. The van der Waals surface area contributed by atoms with Gasteiger partial charge in [-0.2, -0.15) is 0 Å². The Kier molecular flexibility index (Phi) is 5.19. The van der Waals surface area contributed by atoms with Crippen molar-refractivity contribution < 1.29 is 9.53 Å². The Hall–Kier alpha value is -3.02. The highest BCUT2D eigenvalue weighted by atomic mass is 16.5. The van der Waals surface area contributed by atoms with Gasteiger partial charge in [0, 0.05) is 50.2 Å². The second-order valence-electron chi connectivity index (χ2n) is 7.28. The van der Waals surface area contributed by atoms with Gasteiger partial charge in [0.1, 0.15) is 11.4 Å². The molecule has 3 heterocycles. The van der Waals surface area contributed by atoms with Gasteiger partial charge in [0.25, 0.3) is 0 Å². The Morgan fingerprint density at radius 3 is 2.71 bits per heavy atom. The molecule has 1 fully saturated rings. The highest BCUT2D eigenvalue weighted by Gasteiger charge is 2.27. The number of hydrogen-bond donors (Lipinski definition) is 0. The second-order valence-corrected chi connectivity index (χ2v) is 7.28. The lowest BCUT2D eigenvalue weighted by molar-refractivity contribution is -0.133. The van der Waals surface area contributed by atoms with Crippen LogP contribution >= 0.6 is 0 Å². The summed E-state index contributed by atoms with van der Waals surface area (Å²) in [5, 5.41) is 0. The van der Waals surface area contributed by atoms with Crippen molar-refractivity contribution in [2.45, 2.75) is 25.8 Å². The number of anilines is 1. The SMILES string of the molecule is COc1ccc(N2CCN(C(=O)CCc3cn4ccccc4n3)[C@H](C)C2)cc1. The molecule has 1 aromatic carbocycles. The van der Waals surface area contributed by atoms with E-state index >= 15 is 0 Å². The van der Waals surface area contributed by atoms with E-state index in [-0.39, 0.29) is 11.9 Å². The average Bonchev–Trinajstić information content (AvgIpc) is 3.15. The van der Waals surface area contributed by atoms with E-state index in [0.717, 1.165) is 36.7 Å². The van der Waals surface area contributed by atoms with Gasteiger partial charge in [0.05, 0.1) is 12.8 Å². The molecule has 0 bridgehead atoms. The zero-order chi connectivity index (χ0) is 19.5. The summed E-state index contributed by atoms with van der Waals surface area (Å²) in [4.78, 5) is 21.7. The van der Waals surface area contributed by atoms with Gasteiger partial charge in [-0.05, 0) is 49.7 Å². The summed E-state index contributed by atoms with van der Waals surface area (Å²) in [5.74, 6) is 1.07. The summed E-state index contributed by atoms with van der Waals surface area (Å²) >= 11 is 0. The molecule has 28 heavy (non-hydrogen) atoms. The number of carbonyl (C=O) groups is 1. The molecular formula is C22H26N4O2. The van der Waals surface area contributed by atoms with Crippen molar-refractivity contribution >= 4 is 17.2 Å². The first-order chi connectivity index (χ1) is 13.6. The number of aromatic nitrogens is 2. The zero-order valence-corrected chi connectivity index (χ0v) is 16.4. The zero-order valence-electron chi connectivity index (χ0n) is 16.4. The number of imidazole rings is 1. The van der Waals surface area contributed by atoms with E-state index < -0.39 is 0 Å². The molecule has 0 aliphatic carbocycles. The van der Waals surface area contributed by atoms with Crippen LogP contribution in [0.15, 0.2) is 54.9 Å². The minimum atomic E-state index is 0.185. The summed E-state index contributed by atoms with van der Waals surface area (Å²) in [7, 11) is 1.67. The van der Waals surface area contributed by atoms with Crippen LogP contribution in [0.25, 0.3) is 5.65 Å². The van der Waals surface area contributed by atoms with E-state index in [0.29, 0.717) is 12.8 Å². The average molecular weight is 378 g/mol. The summed E-state index contributed by atoms with van der Waals surface area (Å²) < 4.78 is 7.23. The molecule has 0 saturated carbocycles. The first-order valence-corrected chi connectivity index (χ1v) is 9.75. The third-order valence-electron chi connectivity index (χ3n) is 5.39. The Morgan fingerprint density at radius 2 is 2.00 bits per heavy atom. The van der Waals surface area contributed by atoms with Crippen LogP contribution in [0.1, 0.15) is 19.0 Å². The number of carbonyl (C=O) groups excluding carboxylic acids is 1. The Labute approximate surface area is 165 Å². The molecule has 4 rings (SSSR count). The number of nitrogens with zero attached hydrogens (tertiary/aromatic N) is 4. The van der Waals surface area contributed by atoms with Crippen molar-refractivity contribution in [3.63, 3.8) is 0 Å². The smallest absolute Gasteiger partial charge is 0.223 e. The van der Waals surface area contributed by atoms with Crippen molar-refractivity contribution in [3.8, 4) is 5.75 Å². The number of hydrogen-bond acceptors (Lipinski definition) is 4. The van der Waals surface area contributed by atoms with Gasteiger partial charge in [-0.25, -0.2) is 4.98 Å². The van der Waals surface area contributed by atoms with Gasteiger partial charge in [0.2, 0.25) is 5.91 Å². The van der Waals surface area contributed by atoms with Gasteiger partial charge >= 0.3 is 0 Å². The number of amides is 1. The molecule has 1 atom stereocenters. The number of benzene rings is 1. The van der Waals surface area contributed by atoms with Gasteiger partial charge in [-0.1, -0.05) is 6.07 Å². The minimum absolute atomic E-state index is 0.185. The number of methoxy groups -OCH3 is 1. The summed E-state index contributed by atoms with van der Waals surface area (Å²) in [6.45, 7) is 4.55. The topological polar surface area (TPSA) is 50.1 Å². The third-order valence-corrected chi connectivity index (χ3v) is 5.39. The van der Waals surface area contributed by atoms with E-state index in [1.807, 2.05) is 52.0 Å². The van der Waals surface area contributed by atoms with Crippen molar-refractivity contribution in [2.24, 2.45) is 0 Å². The minimum Gasteiger partial charge on any atom is -0.497 e. The summed E-state index contributed by atoms with van der Waals surface area (Å²) in [6, 6.07) is 14.2. The number of pyridine rings is 1. The van der Waals surface area contributed by atoms with E-state index in [1.54, 1.807) is 7.11 Å². The maximum absolute atomic E-state index is 12.8. The predicted molar refractivity (Wildman–Crippen MR) is 110 cm³/mol. The maximum Gasteiger partial charge on any atom is 0.223 e. The van der Waals surface area contributed by atoms with Crippen molar-refractivity contribution in [1.29, 1.82) is 0 Å². The number of ether oxygens (including phenoxy) is 1. The Balaban J connectivity index is 1.33. The molecule has 1 aliphatic heterocycles. The van der Waals surface area contributed by atoms with Gasteiger partial charge < -0.3 is 18.9 Å². The molecule has 6 heteroatoms. The number of rotatable bonds is 5. The van der Waals surface area contributed by atoms with Crippen LogP contribution < -0.4 is 9.64 Å². The molecule has 1 amide bonds. The van der Waals surface area contributed by atoms with Crippen molar-refractivity contribution in [1.82, 2.24) is 14.3 Å². The predicted octanol–water partition coefficient (Wildman–Crippen LogP) is 3.01. The van der Waals surface area contributed by atoms with Crippen LogP contribution in [0.4, 0.5) is 5.69 Å². The summed E-state index contributed by atoms with van der Waals surface area (Å²) in [5.41, 5.74) is 3.06. The number of piperazine rings is 1. The van der Waals surface area contributed by atoms with E-state index in [9.17, 15) is 4.79 Å². The molecule has 0 spiro atoms. The Bertz CT molecular complexity index is 918. The highest BCUT2D eigenvalue weighted by Crippen LogP contribution is 2.22. The van der Waals surface area contributed by atoms with E-state index in [1.165, 1.54) is 5.69 Å². The second kappa shape index (κ2) is 7.92. The fraction of sp³-hybridized carbons (Fsp3) is 0.364. The molecule has 6 nitrogen and oxygen atoms in total. The molecule has 1 aliphatic rings. The maximum atomic E-state index is 12.8. The lowest BCUT2D eigenvalue weighted by atomic mass is 10.1. The Morgan fingerprint density at radius 1 is 1.18 bits per heavy atom. The fourth-order valence-corrected chi connectivity index (χ4v) is 3.84. The van der Waals surface area contributed by atoms with Crippen LogP contribution in [0, 0.1) is 0 Å². The first-order valence-electron chi connectivity index (χ1n) is 9.75. The van der Waals surface area contributed by atoms with Crippen LogP contribution in [0.5, 0.6) is 5.75 Å². The quantitative estimate of drug-likeness (QED) is 0.685. The van der Waals surface area contributed by atoms with Crippen LogP contribution in [0.2, 0.25) is 0 Å². The standard InChI is InChI=1S/C22H26N4O2/c1-17-15-24(19-7-9-20(28-2)10-8-19)13-14-26(17)22(27)11-6-18-16-25-12-4-3-5-21(25)23-18/h3-5,7-10,12,16-17H,6,11,13-15H2,1-2H3/t17-/m1/s1. The molecule has 1 saturated heterocycles. The van der Waals surface area contributed by atoms with Gasteiger partial charge in [-0.3, -0.25) is 4.79 Å². The highest BCUT2D eigenvalue weighted by molar-refractivity contribution is 5.77. The third kappa shape index (κ3) is 3.81. The fourth-order valence-electron chi connectivity index (χ4n) is 3.84. The molecule has 0 N–H and O–H groups in total. The first kappa shape index (κ1) is 18.3. The summed E-state index contributed by atoms with van der Waals surface area (Å²) in [6.07, 6.45) is 5.16. The molecule has 146 valence electrons. The monoisotopic (exact) mass is 378 g/mol. The van der Waals surface area contributed by atoms with Crippen molar-refractivity contribution in [2.75, 3.05) is 31.6 Å². The van der Waals surface area contributed by atoms with Gasteiger partial charge in [0.15, 0.2) is 0 Å².